The number of nitrogens with zero attached hydrogens (tertiary/aromatic N) is 5. The van der Waals surface area contributed by atoms with Crippen molar-refractivity contribution in [3.63, 3.8) is 0 Å². The van der Waals surface area contributed by atoms with Crippen LogP contribution in [0.1, 0.15) is 19.4 Å². The Bertz CT molecular complexity index is 1210. The molecule has 2 aromatic carbocycles. The van der Waals surface area contributed by atoms with E-state index in [0.717, 1.165) is 34.0 Å². The molecule has 28 heavy (non-hydrogen) atoms. The van der Waals surface area contributed by atoms with Crippen LogP contribution in [0.4, 0.5) is 17.3 Å². The number of hydrogen-bond donors (Lipinski definition) is 1. The molecule has 0 radical (unpaired) electrons. The first-order chi connectivity index (χ1) is 13.6. The van der Waals surface area contributed by atoms with Gasteiger partial charge in [-0.25, -0.2) is 4.52 Å². The van der Waals surface area contributed by atoms with Crippen molar-refractivity contribution in [1.29, 1.82) is 5.26 Å². The minimum absolute atomic E-state index is 0.506. The molecule has 4 rings (SSSR count). The second-order valence-electron chi connectivity index (χ2n) is 6.54. The highest BCUT2D eigenvalue weighted by molar-refractivity contribution is 5.82. The van der Waals surface area contributed by atoms with Gasteiger partial charge in [0.25, 0.3) is 0 Å². The van der Waals surface area contributed by atoms with Crippen LogP contribution >= 0.6 is 0 Å². The van der Waals surface area contributed by atoms with Gasteiger partial charge >= 0.3 is 0 Å². The highest BCUT2D eigenvalue weighted by atomic mass is 15.4. The quantitative estimate of drug-likeness (QED) is 0.508. The monoisotopic (exact) mass is 366 g/mol. The van der Waals surface area contributed by atoms with Gasteiger partial charge in [-0.3, -0.25) is 4.99 Å². The lowest BCUT2D eigenvalue weighted by molar-refractivity contribution is 0.973. The minimum atomic E-state index is 0.506. The van der Waals surface area contributed by atoms with E-state index in [4.69, 9.17) is 5.26 Å². The Morgan fingerprint density at radius 3 is 2.57 bits per heavy atom. The van der Waals surface area contributed by atoms with Crippen molar-refractivity contribution in [3.8, 4) is 17.3 Å². The number of nitriles is 1. The summed E-state index contributed by atoms with van der Waals surface area (Å²) in [4.78, 5) is 8.99. The van der Waals surface area contributed by atoms with Crippen LogP contribution in [0.25, 0.3) is 16.9 Å². The molecule has 136 valence electrons. The maximum Gasteiger partial charge on any atom is 0.247 e. The van der Waals surface area contributed by atoms with Crippen molar-refractivity contribution in [2.45, 2.75) is 13.8 Å². The average Bonchev–Trinajstić information content (AvgIpc) is 3.11. The van der Waals surface area contributed by atoms with Crippen LogP contribution in [0.15, 0.2) is 71.7 Å². The number of anilines is 2. The summed E-state index contributed by atoms with van der Waals surface area (Å²) in [7, 11) is 0. The lowest BCUT2D eigenvalue weighted by atomic mass is 10.1. The molecule has 0 bridgehead atoms. The molecule has 0 fully saturated rings. The predicted molar refractivity (Wildman–Crippen MR) is 111 cm³/mol. The lowest BCUT2D eigenvalue weighted by Gasteiger charge is -2.04. The molecule has 0 aliphatic rings. The standard InChI is InChI=1S/C22H18N6/c1-15(2)24-18-9-11-19(12-10-18)25-22-26-21-8-4-7-20(28(21)27-22)17-6-3-5-16(13-17)14-23/h3-13H,1-2H3,(H,25,27). The van der Waals surface area contributed by atoms with Gasteiger partial charge in [0.05, 0.1) is 23.0 Å². The molecule has 0 unspecified atom stereocenters. The number of aromatic nitrogens is 3. The Hall–Kier alpha value is -3.98. The number of benzene rings is 2. The molecule has 0 aliphatic heterocycles. The fourth-order valence-corrected chi connectivity index (χ4v) is 2.93. The van der Waals surface area contributed by atoms with Gasteiger partial charge in [0.15, 0.2) is 5.65 Å². The molecular weight excluding hydrogens is 348 g/mol. The number of rotatable bonds is 4. The number of pyridine rings is 1. The fourth-order valence-electron chi connectivity index (χ4n) is 2.93. The van der Waals surface area contributed by atoms with Gasteiger partial charge < -0.3 is 5.32 Å². The summed E-state index contributed by atoms with van der Waals surface area (Å²) in [5.41, 5.74) is 5.93. The first-order valence-corrected chi connectivity index (χ1v) is 8.88. The third kappa shape index (κ3) is 3.60. The van der Waals surface area contributed by atoms with Crippen molar-refractivity contribution >= 4 is 28.7 Å². The van der Waals surface area contributed by atoms with Crippen LogP contribution < -0.4 is 5.32 Å². The number of fused-ring (bicyclic) bond motifs is 1. The summed E-state index contributed by atoms with van der Waals surface area (Å²) in [6.45, 7) is 3.94. The van der Waals surface area contributed by atoms with Crippen LogP contribution in [0.3, 0.4) is 0 Å². The van der Waals surface area contributed by atoms with Crippen molar-refractivity contribution in [1.82, 2.24) is 14.6 Å². The van der Waals surface area contributed by atoms with Crippen LogP contribution in [-0.2, 0) is 0 Å². The molecule has 6 heteroatoms. The highest BCUT2D eigenvalue weighted by Crippen LogP contribution is 2.23. The van der Waals surface area contributed by atoms with Gasteiger partial charge in [0.2, 0.25) is 5.95 Å². The normalized spacial score (nSPS) is 10.5. The minimum Gasteiger partial charge on any atom is -0.323 e. The zero-order valence-corrected chi connectivity index (χ0v) is 15.6. The van der Waals surface area contributed by atoms with E-state index in [1.54, 1.807) is 10.6 Å². The fraction of sp³-hybridized carbons (Fsp3) is 0.0909. The van der Waals surface area contributed by atoms with Gasteiger partial charge in [0.1, 0.15) is 0 Å². The Morgan fingerprint density at radius 1 is 1.04 bits per heavy atom. The number of hydrogen-bond acceptors (Lipinski definition) is 5. The van der Waals surface area contributed by atoms with Crippen LogP contribution in [0, 0.1) is 11.3 Å². The van der Waals surface area contributed by atoms with Gasteiger partial charge in [0, 0.05) is 17.0 Å². The van der Waals surface area contributed by atoms with Crippen LogP contribution in [0.5, 0.6) is 0 Å². The summed E-state index contributed by atoms with van der Waals surface area (Å²) >= 11 is 0. The van der Waals surface area contributed by atoms with E-state index in [-0.39, 0.29) is 0 Å². The van der Waals surface area contributed by atoms with Crippen molar-refractivity contribution in [2.24, 2.45) is 4.99 Å². The second kappa shape index (κ2) is 7.33. The summed E-state index contributed by atoms with van der Waals surface area (Å²) in [6.07, 6.45) is 0. The number of nitrogens with one attached hydrogen (secondary N) is 1. The third-order valence-corrected chi connectivity index (χ3v) is 4.12. The molecule has 6 nitrogen and oxygen atoms in total. The van der Waals surface area contributed by atoms with Crippen LogP contribution in [0.2, 0.25) is 0 Å². The van der Waals surface area contributed by atoms with E-state index >= 15 is 0 Å². The highest BCUT2D eigenvalue weighted by Gasteiger charge is 2.09. The Balaban J connectivity index is 1.67. The SMILES string of the molecule is CC(C)=Nc1ccc(Nc2nc3cccc(-c4cccc(C#N)c4)n3n2)cc1. The summed E-state index contributed by atoms with van der Waals surface area (Å²) in [5, 5.41) is 17.0. The molecule has 2 aromatic heterocycles. The average molecular weight is 366 g/mol. The second-order valence-corrected chi connectivity index (χ2v) is 6.54. The lowest BCUT2D eigenvalue weighted by Crippen LogP contribution is -1.96. The van der Waals surface area contributed by atoms with Crippen molar-refractivity contribution in [2.75, 3.05) is 5.32 Å². The first-order valence-electron chi connectivity index (χ1n) is 8.88. The van der Waals surface area contributed by atoms with Crippen molar-refractivity contribution < 1.29 is 0 Å². The molecule has 1 N–H and O–H groups in total. The predicted octanol–water partition coefficient (Wildman–Crippen LogP) is 5.12. The van der Waals surface area contributed by atoms with E-state index < -0.39 is 0 Å². The largest absolute Gasteiger partial charge is 0.323 e. The van der Waals surface area contributed by atoms with Crippen molar-refractivity contribution in [3.05, 3.63) is 72.3 Å². The van der Waals surface area contributed by atoms with E-state index in [0.29, 0.717) is 11.5 Å². The summed E-state index contributed by atoms with van der Waals surface area (Å²) < 4.78 is 1.78. The molecule has 2 heterocycles. The van der Waals surface area contributed by atoms with E-state index in [1.807, 2.05) is 74.5 Å². The Labute approximate surface area is 162 Å². The van der Waals surface area contributed by atoms with E-state index in [1.165, 1.54) is 0 Å². The van der Waals surface area contributed by atoms with Crippen LogP contribution in [-0.4, -0.2) is 20.3 Å². The topological polar surface area (TPSA) is 78.4 Å². The van der Waals surface area contributed by atoms with E-state index in [2.05, 4.69) is 26.5 Å². The van der Waals surface area contributed by atoms with E-state index in [9.17, 15) is 0 Å². The summed E-state index contributed by atoms with van der Waals surface area (Å²) in [5.74, 6) is 0.506. The molecule has 0 atom stereocenters. The van der Waals surface area contributed by atoms with Gasteiger partial charge in [-0.1, -0.05) is 18.2 Å². The molecule has 0 aliphatic carbocycles. The summed E-state index contributed by atoms with van der Waals surface area (Å²) in [6, 6.07) is 23.2. The zero-order valence-electron chi connectivity index (χ0n) is 15.6. The number of aliphatic imine (C=N–C) groups is 1. The smallest absolute Gasteiger partial charge is 0.247 e. The first kappa shape index (κ1) is 17.4. The zero-order chi connectivity index (χ0) is 19.5. The molecule has 0 saturated carbocycles. The molecule has 0 saturated heterocycles. The maximum absolute atomic E-state index is 9.16. The third-order valence-electron chi connectivity index (χ3n) is 4.12. The maximum atomic E-state index is 9.16. The van der Waals surface area contributed by atoms with Gasteiger partial charge in [-0.15, -0.1) is 5.10 Å². The molecule has 0 amide bonds. The van der Waals surface area contributed by atoms with Gasteiger partial charge in [-0.2, -0.15) is 10.2 Å². The Morgan fingerprint density at radius 2 is 1.82 bits per heavy atom. The molecule has 4 aromatic rings. The van der Waals surface area contributed by atoms with Gasteiger partial charge in [-0.05, 0) is 62.4 Å². The molecule has 0 spiro atoms. The molecular formula is C22H18N6. The Kier molecular flexibility index (Phi) is 4.56.